The fourth-order valence-corrected chi connectivity index (χ4v) is 3.59. The second kappa shape index (κ2) is 7.33. The molecule has 1 aromatic rings. The minimum atomic E-state index is -1.49. The Morgan fingerprint density at radius 2 is 2.04 bits per heavy atom. The highest BCUT2D eigenvalue weighted by Crippen LogP contribution is 2.22. The Labute approximate surface area is 137 Å². The van der Waals surface area contributed by atoms with Crippen molar-refractivity contribution in [2.75, 3.05) is 12.3 Å². The predicted octanol–water partition coefficient (Wildman–Crippen LogP) is 2.51. The van der Waals surface area contributed by atoms with Crippen LogP contribution >= 0.6 is 0 Å². The summed E-state index contributed by atoms with van der Waals surface area (Å²) in [5.74, 6) is -0.343. The molecule has 0 saturated carbocycles. The number of carbonyl (C=O) groups excluding carboxylic acids is 1. The molecule has 1 aliphatic heterocycles. The third-order valence-electron chi connectivity index (χ3n) is 3.40. The molecule has 8 heteroatoms. The lowest BCUT2D eigenvalue weighted by molar-refractivity contribution is 0.0125. The topological polar surface area (TPSA) is 72.4 Å². The van der Waals surface area contributed by atoms with Gasteiger partial charge in [-0.15, -0.1) is 0 Å². The zero-order chi connectivity index (χ0) is 17.0. The van der Waals surface area contributed by atoms with Gasteiger partial charge in [-0.3, -0.25) is 4.21 Å². The van der Waals surface area contributed by atoms with Crippen LogP contribution in [0.25, 0.3) is 0 Å². The number of aromatic nitrogens is 2. The summed E-state index contributed by atoms with van der Waals surface area (Å²) >= 11 is 0. The van der Waals surface area contributed by atoms with Gasteiger partial charge in [-0.25, -0.2) is 19.2 Å². The average Bonchev–Trinajstić information content (AvgIpc) is 2.46. The van der Waals surface area contributed by atoms with Crippen molar-refractivity contribution in [1.29, 1.82) is 0 Å². The van der Waals surface area contributed by atoms with E-state index in [9.17, 15) is 13.4 Å². The van der Waals surface area contributed by atoms with E-state index in [1.165, 1.54) is 0 Å². The molecular weight excluding hydrogens is 321 g/mol. The molecule has 128 valence electrons. The summed E-state index contributed by atoms with van der Waals surface area (Å²) in [7, 11) is -1.49. The molecule has 1 aliphatic rings. The van der Waals surface area contributed by atoms with Crippen LogP contribution in [0, 0.1) is 5.82 Å². The summed E-state index contributed by atoms with van der Waals surface area (Å²) in [5, 5.41) is 0.0844. The van der Waals surface area contributed by atoms with E-state index in [1.807, 2.05) is 20.8 Å². The Hall–Kier alpha value is -1.57. The van der Waals surface area contributed by atoms with Crippen molar-refractivity contribution in [3.05, 3.63) is 18.2 Å². The maximum absolute atomic E-state index is 12.8. The molecule has 0 aromatic carbocycles. The lowest BCUT2D eigenvalue weighted by atomic mass is 10.0. The van der Waals surface area contributed by atoms with Gasteiger partial charge in [0.25, 0.3) is 0 Å². The van der Waals surface area contributed by atoms with Crippen LogP contribution in [0.1, 0.15) is 40.0 Å². The SMILES string of the molecule is CC(C)(C)OC(=O)N1CCCC[C@H]1C[S@](=O)c1ncc(F)cn1. The van der Waals surface area contributed by atoms with Crippen molar-refractivity contribution in [3.8, 4) is 0 Å². The smallest absolute Gasteiger partial charge is 0.410 e. The van der Waals surface area contributed by atoms with E-state index in [1.54, 1.807) is 4.90 Å². The van der Waals surface area contributed by atoms with Gasteiger partial charge in [0.15, 0.2) is 5.82 Å². The molecule has 0 aliphatic carbocycles. The van der Waals surface area contributed by atoms with E-state index < -0.39 is 22.2 Å². The second-order valence-corrected chi connectivity index (χ2v) is 7.91. The summed E-state index contributed by atoms with van der Waals surface area (Å²) in [6, 6.07) is -0.187. The van der Waals surface area contributed by atoms with E-state index in [0.29, 0.717) is 6.54 Å². The molecule has 0 N–H and O–H groups in total. The van der Waals surface area contributed by atoms with Crippen LogP contribution in [0.15, 0.2) is 17.6 Å². The highest BCUT2D eigenvalue weighted by Gasteiger charge is 2.32. The zero-order valence-corrected chi connectivity index (χ0v) is 14.4. The number of ether oxygens (including phenoxy) is 1. The van der Waals surface area contributed by atoms with E-state index in [-0.39, 0.29) is 23.0 Å². The van der Waals surface area contributed by atoms with Gasteiger partial charge >= 0.3 is 6.09 Å². The van der Waals surface area contributed by atoms with Gasteiger partial charge in [0.05, 0.1) is 28.9 Å². The number of hydrogen-bond acceptors (Lipinski definition) is 5. The molecular formula is C15H22FN3O3S. The Morgan fingerprint density at radius 3 is 2.65 bits per heavy atom. The molecule has 0 radical (unpaired) electrons. The van der Waals surface area contributed by atoms with Crippen LogP contribution in [-0.2, 0) is 15.5 Å². The van der Waals surface area contributed by atoms with Crippen molar-refractivity contribution < 1.29 is 18.1 Å². The number of likely N-dealkylation sites (tertiary alicyclic amines) is 1. The Kier molecular flexibility index (Phi) is 5.67. The van der Waals surface area contributed by atoms with Crippen LogP contribution in [0.4, 0.5) is 9.18 Å². The summed E-state index contributed by atoms with van der Waals surface area (Å²) in [5.41, 5.74) is -0.571. The number of rotatable bonds is 3. The quantitative estimate of drug-likeness (QED) is 0.789. The van der Waals surface area contributed by atoms with Crippen LogP contribution in [-0.4, -0.2) is 49.1 Å². The first-order valence-corrected chi connectivity index (χ1v) is 8.94. The maximum atomic E-state index is 12.8. The van der Waals surface area contributed by atoms with Gasteiger partial charge in [0, 0.05) is 12.6 Å². The van der Waals surface area contributed by atoms with Crippen LogP contribution < -0.4 is 0 Å². The van der Waals surface area contributed by atoms with E-state index in [2.05, 4.69) is 9.97 Å². The van der Waals surface area contributed by atoms with Crippen LogP contribution in [0.2, 0.25) is 0 Å². The molecule has 23 heavy (non-hydrogen) atoms. The lowest BCUT2D eigenvalue weighted by Crippen LogP contribution is -2.48. The molecule has 0 spiro atoms. The monoisotopic (exact) mass is 343 g/mol. The third-order valence-corrected chi connectivity index (χ3v) is 4.70. The third kappa shape index (κ3) is 5.23. The molecule has 2 atom stereocenters. The largest absolute Gasteiger partial charge is 0.444 e. The van der Waals surface area contributed by atoms with E-state index in [0.717, 1.165) is 31.7 Å². The van der Waals surface area contributed by atoms with Gasteiger partial charge in [-0.2, -0.15) is 0 Å². The summed E-state index contributed by atoms with van der Waals surface area (Å²) in [4.78, 5) is 21.4. The van der Waals surface area contributed by atoms with Crippen molar-refractivity contribution >= 4 is 16.9 Å². The Balaban J connectivity index is 2.04. The molecule has 2 rings (SSSR count). The number of carbonyl (C=O) groups is 1. The van der Waals surface area contributed by atoms with Crippen molar-refractivity contribution in [1.82, 2.24) is 14.9 Å². The molecule has 0 unspecified atom stereocenters. The van der Waals surface area contributed by atoms with Crippen LogP contribution in [0.5, 0.6) is 0 Å². The molecule has 2 heterocycles. The Bertz CT molecular complexity index is 574. The summed E-state index contributed by atoms with van der Waals surface area (Å²) in [6.07, 6.45) is 4.21. The van der Waals surface area contributed by atoms with Gasteiger partial charge < -0.3 is 9.64 Å². The molecule has 1 saturated heterocycles. The van der Waals surface area contributed by atoms with Crippen LogP contribution in [0.3, 0.4) is 0 Å². The molecule has 1 aromatic heterocycles. The van der Waals surface area contributed by atoms with E-state index in [4.69, 9.17) is 4.74 Å². The predicted molar refractivity (Wildman–Crippen MR) is 83.8 cm³/mol. The van der Waals surface area contributed by atoms with Gasteiger partial charge in [0.1, 0.15) is 5.60 Å². The number of hydrogen-bond donors (Lipinski definition) is 0. The molecule has 0 bridgehead atoms. The first kappa shape index (κ1) is 17.8. The van der Waals surface area contributed by atoms with Crippen molar-refractivity contribution in [2.24, 2.45) is 0 Å². The maximum Gasteiger partial charge on any atom is 0.410 e. The van der Waals surface area contributed by atoms with Crippen molar-refractivity contribution in [2.45, 2.75) is 56.8 Å². The zero-order valence-electron chi connectivity index (χ0n) is 13.6. The first-order chi connectivity index (χ1) is 10.8. The summed E-state index contributed by atoms with van der Waals surface area (Å²) in [6.45, 7) is 6.03. The fraction of sp³-hybridized carbons (Fsp3) is 0.667. The normalized spacial score (nSPS) is 20.2. The standard InChI is InChI=1S/C15H22FN3O3S/c1-15(2,3)22-14(20)19-7-5-4-6-12(19)10-23(21)13-17-8-11(16)9-18-13/h8-9,12H,4-7,10H2,1-3H3/t12-,23-/m0/s1. The van der Waals surface area contributed by atoms with Gasteiger partial charge in [-0.05, 0) is 40.0 Å². The van der Waals surface area contributed by atoms with Crippen molar-refractivity contribution in [3.63, 3.8) is 0 Å². The summed E-state index contributed by atoms with van der Waals surface area (Å²) < 4.78 is 30.6. The fourth-order valence-electron chi connectivity index (χ4n) is 2.40. The first-order valence-electron chi connectivity index (χ1n) is 7.62. The Morgan fingerprint density at radius 1 is 1.39 bits per heavy atom. The lowest BCUT2D eigenvalue weighted by Gasteiger charge is -2.36. The molecule has 1 amide bonds. The highest BCUT2D eigenvalue weighted by atomic mass is 32.2. The minimum absolute atomic E-state index is 0.0844. The molecule has 6 nitrogen and oxygen atoms in total. The minimum Gasteiger partial charge on any atom is -0.444 e. The number of nitrogens with zero attached hydrogens (tertiary/aromatic N) is 3. The number of piperidine rings is 1. The van der Waals surface area contributed by atoms with E-state index >= 15 is 0 Å². The highest BCUT2D eigenvalue weighted by molar-refractivity contribution is 7.84. The average molecular weight is 343 g/mol. The molecule has 1 fully saturated rings. The second-order valence-electron chi connectivity index (χ2n) is 6.52. The number of amides is 1. The van der Waals surface area contributed by atoms with Gasteiger partial charge in [-0.1, -0.05) is 0 Å². The number of halogens is 1. The van der Waals surface area contributed by atoms with Gasteiger partial charge in [0.2, 0.25) is 5.16 Å².